The van der Waals surface area contributed by atoms with Gasteiger partial charge in [0, 0.05) is 4.47 Å². The molecule has 1 aromatic heterocycles. The Morgan fingerprint density at radius 3 is 3.08 bits per heavy atom. The maximum Gasteiger partial charge on any atom is 0.415 e. The number of halogens is 1. The number of hydrogen-bond donors (Lipinski definition) is 1. The Bertz CT molecular complexity index is 795. The third kappa shape index (κ3) is 2.65. The van der Waals surface area contributed by atoms with Crippen LogP contribution in [0.1, 0.15) is 9.67 Å². The molecule has 1 aromatic carbocycles. The van der Waals surface area contributed by atoms with Crippen LogP contribution in [0, 0.1) is 0 Å². The van der Waals surface area contributed by atoms with E-state index in [9.17, 15) is 9.59 Å². The van der Waals surface area contributed by atoms with E-state index in [4.69, 9.17) is 9.47 Å². The number of hydrogen-bond acceptors (Lipinski definition) is 5. The molecule has 2 atom stereocenters. The summed E-state index contributed by atoms with van der Waals surface area (Å²) in [6.07, 6.45) is -0.861. The number of nitrogens with one attached hydrogen (secondary N) is 1. The number of cyclic esters (lactones) is 1. The van der Waals surface area contributed by atoms with E-state index < -0.39 is 12.2 Å². The Morgan fingerprint density at radius 2 is 2.29 bits per heavy atom. The van der Waals surface area contributed by atoms with Crippen molar-refractivity contribution >= 4 is 45.0 Å². The van der Waals surface area contributed by atoms with Gasteiger partial charge in [0.15, 0.2) is 0 Å². The van der Waals surface area contributed by atoms with Gasteiger partial charge in [0.25, 0.3) is 5.91 Å². The number of fused-ring (bicyclic) bond motifs is 3. The van der Waals surface area contributed by atoms with Crippen LogP contribution in [-0.4, -0.2) is 37.3 Å². The molecule has 2 amide bonds. The normalized spacial score (nSPS) is 21.5. The maximum atomic E-state index is 12.3. The molecule has 0 spiro atoms. The van der Waals surface area contributed by atoms with Crippen LogP contribution in [0.3, 0.4) is 0 Å². The summed E-state index contributed by atoms with van der Waals surface area (Å²) in [6, 6.07) is 8.81. The average Bonchev–Trinajstić information content (AvgIpc) is 3.21. The van der Waals surface area contributed by atoms with Gasteiger partial charge in [0.2, 0.25) is 0 Å². The molecule has 0 bridgehead atoms. The summed E-state index contributed by atoms with van der Waals surface area (Å²) >= 11 is 4.76. The lowest BCUT2D eigenvalue weighted by Crippen LogP contribution is -2.47. The molecule has 0 saturated carbocycles. The van der Waals surface area contributed by atoms with Gasteiger partial charge in [-0.05, 0) is 29.6 Å². The molecule has 8 heteroatoms. The van der Waals surface area contributed by atoms with E-state index in [1.165, 1.54) is 11.3 Å². The van der Waals surface area contributed by atoms with Crippen molar-refractivity contribution in [2.24, 2.45) is 0 Å². The van der Waals surface area contributed by atoms with Gasteiger partial charge >= 0.3 is 6.09 Å². The number of thiophene rings is 1. The standard InChI is InChI=1S/C16H13BrN2O4S/c17-9-3-4-10-12(6-9)22-8-11-13(23-16(21)19(10)11)7-18-15(20)14-2-1-5-24-14/h1-6,11,13H,7-8H2,(H,18,20)/t11-,13-/m0/s1. The van der Waals surface area contributed by atoms with Gasteiger partial charge in [0.05, 0.1) is 17.1 Å². The molecule has 2 aliphatic rings. The van der Waals surface area contributed by atoms with Crippen LogP contribution < -0.4 is 15.0 Å². The van der Waals surface area contributed by atoms with Crippen LogP contribution in [0.25, 0.3) is 0 Å². The molecule has 6 nitrogen and oxygen atoms in total. The fraction of sp³-hybridized carbons (Fsp3) is 0.250. The van der Waals surface area contributed by atoms with Gasteiger partial charge in [-0.3, -0.25) is 9.69 Å². The second-order valence-electron chi connectivity index (χ2n) is 5.47. The molecule has 0 aliphatic carbocycles. The van der Waals surface area contributed by atoms with Gasteiger partial charge in [-0.1, -0.05) is 22.0 Å². The minimum atomic E-state index is -0.446. The Kier molecular flexibility index (Phi) is 3.93. The van der Waals surface area contributed by atoms with Crippen LogP contribution in [-0.2, 0) is 4.74 Å². The third-order valence-corrected chi connectivity index (χ3v) is 5.37. The van der Waals surface area contributed by atoms with E-state index in [-0.39, 0.29) is 18.5 Å². The highest BCUT2D eigenvalue weighted by molar-refractivity contribution is 9.10. The van der Waals surface area contributed by atoms with Crippen LogP contribution in [0.2, 0.25) is 0 Å². The minimum Gasteiger partial charge on any atom is -0.489 e. The van der Waals surface area contributed by atoms with Crippen molar-refractivity contribution in [1.82, 2.24) is 5.32 Å². The molecule has 0 unspecified atom stereocenters. The Labute approximate surface area is 150 Å². The monoisotopic (exact) mass is 408 g/mol. The summed E-state index contributed by atoms with van der Waals surface area (Å²) in [5.74, 6) is 0.474. The largest absolute Gasteiger partial charge is 0.489 e. The van der Waals surface area contributed by atoms with E-state index in [2.05, 4.69) is 21.2 Å². The van der Waals surface area contributed by atoms with Gasteiger partial charge in [-0.25, -0.2) is 4.79 Å². The molecule has 1 saturated heterocycles. The molecule has 24 heavy (non-hydrogen) atoms. The minimum absolute atomic E-state index is 0.166. The van der Waals surface area contributed by atoms with E-state index in [1.54, 1.807) is 11.0 Å². The zero-order valence-electron chi connectivity index (χ0n) is 12.4. The molecule has 4 rings (SSSR count). The highest BCUT2D eigenvalue weighted by Gasteiger charge is 2.46. The first-order valence-corrected chi connectivity index (χ1v) is 9.04. The summed E-state index contributed by atoms with van der Waals surface area (Å²) in [4.78, 5) is 26.5. The number of nitrogens with zero attached hydrogens (tertiary/aromatic N) is 1. The van der Waals surface area contributed by atoms with Crippen molar-refractivity contribution in [1.29, 1.82) is 0 Å². The number of anilines is 1. The molecule has 1 fully saturated rings. The average molecular weight is 409 g/mol. The van der Waals surface area contributed by atoms with Crippen molar-refractivity contribution in [3.63, 3.8) is 0 Å². The van der Waals surface area contributed by atoms with Crippen molar-refractivity contribution in [3.05, 3.63) is 45.1 Å². The Balaban J connectivity index is 1.49. The van der Waals surface area contributed by atoms with Crippen LogP contribution in [0.4, 0.5) is 10.5 Å². The lowest BCUT2D eigenvalue weighted by atomic mass is 10.1. The second kappa shape index (κ2) is 6.10. The van der Waals surface area contributed by atoms with Crippen LogP contribution in [0.15, 0.2) is 40.2 Å². The molecular formula is C16H13BrN2O4S. The third-order valence-electron chi connectivity index (χ3n) is 4.01. The van der Waals surface area contributed by atoms with Crippen molar-refractivity contribution < 1.29 is 19.1 Å². The lowest BCUT2D eigenvalue weighted by Gasteiger charge is -2.31. The number of rotatable bonds is 3. The van der Waals surface area contributed by atoms with Gasteiger partial charge < -0.3 is 14.8 Å². The predicted octanol–water partition coefficient (Wildman–Crippen LogP) is 3.03. The van der Waals surface area contributed by atoms with E-state index in [1.807, 2.05) is 29.6 Å². The zero-order chi connectivity index (χ0) is 16.7. The fourth-order valence-corrected chi connectivity index (χ4v) is 3.85. The van der Waals surface area contributed by atoms with Gasteiger partial charge in [-0.2, -0.15) is 0 Å². The topological polar surface area (TPSA) is 67.9 Å². The van der Waals surface area contributed by atoms with Crippen molar-refractivity contribution in [2.75, 3.05) is 18.1 Å². The highest BCUT2D eigenvalue weighted by Crippen LogP contribution is 2.40. The van der Waals surface area contributed by atoms with E-state index in [0.717, 1.165) is 4.47 Å². The molecule has 1 N–H and O–H groups in total. The Hall–Kier alpha value is -2.06. The summed E-state index contributed by atoms with van der Waals surface area (Å²) < 4.78 is 12.1. The number of benzene rings is 1. The smallest absolute Gasteiger partial charge is 0.415 e. The van der Waals surface area contributed by atoms with Gasteiger partial charge in [-0.15, -0.1) is 11.3 Å². The van der Waals surface area contributed by atoms with Crippen molar-refractivity contribution in [2.45, 2.75) is 12.1 Å². The molecule has 2 aromatic rings. The van der Waals surface area contributed by atoms with Gasteiger partial charge in [0.1, 0.15) is 24.5 Å². The van der Waals surface area contributed by atoms with Crippen LogP contribution in [0.5, 0.6) is 5.75 Å². The van der Waals surface area contributed by atoms with Crippen LogP contribution >= 0.6 is 27.3 Å². The molecular weight excluding hydrogens is 396 g/mol. The maximum absolute atomic E-state index is 12.3. The number of ether oxygens (including phenoxy) is 2. The first-order valence-electron chi connectivity index (χ1n) is 7.37. The second-order valence-corrected chi connectivity index (χ2v) is 7.33. The lowest BCUT2D eigenvalue weighted by molar-refractivity contribution is 0.0890. The molecule has 3 heterocycles. The number of carbonyl (C=O) groups excluding carboxylic acids is 2. The zero-order valence-corrected chi connectivity index (χ0v) is 14.8. The molecule has 124 valence electrons. The SMILES string of the molecule is O=C(NC[C@@H]1OC(=O)N2c3ccc(Br)cc3OC[C@@H]12)c1cccs1. The summed E-state index contributed by atoms with van der Waals surface area (Å²) in [5, 5.41) is 4.66. The molecule has 0 radical (unpaired) electrons. The first kappa shape index (κ1) is 15.5. The quantitative estimate of drug-likeness (QED) is 0.847. The number of amides is 2. The summed E-state index contributed by atoms with van der Waals surface area (Å²) in [7, 11) is 0. The highest BCUT2D eigenvalue weighted by atomic mass is 79.9. The van der Waals surface area contributed by atoms with E-state index in [0.29, 0.717) is 22.9 Å². The fourth-order valence-electron chi connectivity index (χ4n) is 2.87. The number of carbonyl (C=O) groups is 2. The summed E-state index contributed by atoms with van der Waals surface area (Å²) in [5.41, 5.74) is 0.687. The van der Waals surface area contributed by atoms with E-state index >= 15 is 0 Å². The molecule has 2 aliphatic heterocycles. The first-order chi connectivity index (χ1) is 11.6. The Morgan fingerprint density at radius 1 is 1.42 bits per heavy atom. The van der Waals surface area contributed by atoms with Crippen molar-refractivity contribution in [3.8, 4) is 5.75 Å². The predicted molar refractivity (Wildman–Crippen MR) is 92.8 cm³/mol. The summed E-state index contributed by atoms with van der Waals surface area (Å²) in [6.45, 7) is 0.577.